The van der Waals surface area contributed by atoms with Crippen molar-refractivity contribution >= 4 is 21.8 Å². The number of sulfonamides is 1. The molecule has 1 N–H and O–H groups in total. The van der Waals surface area contributed by atoms with Gasteiger partial charge in [-0.15, -0.1) is 0 Å². The highest BCUT2D eigenvalue weighted by molar-refractivity contribution is 7.89. The lowest BCUT2D eigenvalue weighted by Gasteiger charge is -2.35. The van der Waals surface area contributed by atoms with E-state index in [9.17, 15) is 22.4 Å². The maximum Gasteiger partial charge on any atom is 0.254 e. The third kappa shape index (κ3) is 4.20. The molecule has 2 aliphatic heterocycles. The van der Waals surface area contributed by atoms with Gasteiger partial charge in [0.25, 0.3) is 5.91 Å². The molecular formula is C22H24FN3O4S. The molecule has 4 rings (SSSR count). The molecule has 0 radical (unpaired) electrons. The topological polar surface area (TPSA) is 86.8 Å². The van der Waals surface area contributed by atoms with Gasteiger partial charge in [0.15, 0.2) is 0 Å². The van der Waals surface area contributed by atoms with E-state index in [1.165, 1.54) is 51.7 Å². The van der Waals surface area contributed by atoms with E-state index >= 15 is 0 Å². The number of nitrogens with zero attached hydrogens (tertiary/aromatic N) is 2. The number of hydrogen-bond donors (Lipinski definition) is 1. The van der Waals surface area contributed by atoms with E-state index in [1.54, 1.807) is 6.07 Å². The van der Waals surface area contributed by atoms with Gasteiger partial charge in [0.05, 0.1) is 4.90 Å². The molecule has 2 aliphatic rings. The molecule has 9 heteroatoms. The molecule has 2 saturated heterocycles. The van der Waals surface area contributed by atoms with Crippen LogP contribution < -0.4 is 5.32 Å². The van der Waals surface area contributed by atoms with E-state index in [-0.39, 0.29) is 29.1 Å². The van der Waals surface area contributed by atoms with Crippen LogP contribution in [0.15, 0.2) is 53.4 Å². The van der Waals surface area contributed by atoms with Gasteiger partial charge < -0.3 is 10.2 Å². The molecule has 0 saturated carbocycles. The molecular weight excluding hydrogens is 421 g/mol. The van der Waals surface area contributed by atoms with Crippen LogP contribution >= 0.6 is 0 Å². The van der Waals surface area contributed by atoms with Gasteiger partial charge in [0, 0.05) is 37.3 Å². The van der Waals surface area contributed by atoms with Crippen molar-refractivity contribution in [3.8, 4) is 0 Å². The first-order valence-electron chi connectivity index (χ1n) is 10.3. The molecule has 2 aromatic rings. The summed E-state index contributed by atoms with van der Waals surface area (Å²) in [4.78, 5) is 27.2. The number of hydrogen-bond acceptors (Lipinski definition) is 4. The fraction of sp³-hybridized carbons (Fsp3) is 0.364. The summed E-state index contributed by atoms with van der Waals surface area (Å²) in [6.45, 7) is 1.35. The van der Waals surface area contributed by atoms with E-state index in [4.69, 9.17) is 0 Å². The van der Waals surface area contributed by atoms with Gasteiger partial charge in [-0.1, -0.05) is 30.7 Å². The number of amides is 2. The summed E-state index contributed by atoms with van der Waals surface area (Å²) in [5.74, 6) is -1.57. The Morgan fingerprint density at radius 2 is 1.74 bits per heavy atom. The van der Waals surface area contributed by atoms with Gasteiger partial charge in [-0.25, -0.2) is 12.8 Å². The number of piperidine rings is 1. The fourth-order valence-electron chi connectivity index (χ4n) is 4.10. The summed E-state index contributed by atoms with van der Waals surface area (Å²) >= 11 is 0. The molecule has 164 valence electrons. The van der Waals surface area contributed by atoms with Crippen LogP contribution in [0.4, 0.5) is 4.39 Å². The van der Waals surface area contributed by atoms with Gasteiger partial charge in [0.1, 0.15) is 11.9 Å². The Bertz CT molecular complexity index is 1100. The standard InChI is InChI=1S/C22H24FN3O4S/c23-19-10-3-2-9-18(19)20-21(27)24-11-14-26(20)22(28)16-7-6-8-17(15-16)31(29,30)25-12-4-1-5-13-25/h2-3,6-10,15,20H,1,4-5,11-14H2,(H,24,27)/t20-/m0/s1. The molecule has 2 fully saturated rings. The van der Waals surface area contributed by atoms with E-state index in [1.807, 2.05) is 0 Å². The van der Waals surface area contributed by atoms with Crippen molar-refractivity contribution < 1.29 is 22.4 Å². The number of piperazine rings is 1. The molecule has 31 heavy (non-hydrogen) atoms. The van der Waals surface area contributed by atoms with Crippen LogP contribution in [0.2, 0.25) is 0 Å². The Morgan fingerprint density at radius 3 is 2.48 bits per heavy atom. The van der Waals surface area contributed by atoms with Crippen LogP contribution in [-0.4, -0.2) is 55.6 Å². The second kappa shape index (κ2) is 8.76. The molecule has 0 spiro atoms. The normalized spacial score (nSPS) is 20.4. The van der Waals surface area contributed by atoms with E-state index in [2.05, 4.69) is 5.32 Å². The zero-order chi connectivity index (χ0) is 22.0. The Morgan fingerprint density at radius 1 is 1.00 bits per heavy atom. The van der Waals surface area contributed by atoms with Crippen LogP contribution in [0.25, 0.3) is 0 Å². The molecule has 7 nitrogen and oxygen atoms in total. The largest absolute Gasteiger partial charge is 0.352 e. The number of nitrogens with one attached hydrogen (secondary N) is 1. The van der Waals surface area contributed by atoms with Crippen LogP contribution in [0.5, 0.6) is 0 Å². The van der Waals surface area contributed by atoms with Crippen LogP contribution in [-0.2, 0) is 14.8 Å². The van der Waals surface area contributed by atoms with E-state index in [0.717, 1.165) is 19.3 Å². The Hall–Kier alpha value is -2.78. The summed E-state index contributed by atoms with van der Waals surface area (Å²) in [6.07, 6.45) is 2.62. The summed E-state index contributed by atoms with van der Waals surface area (Å²) in [5, 5.41) is 2.67. The zero-order valence-corrected chi connectivity index (χ0v) is 17.8. The Balaban J connectivity index is 1.66. The number of benzene rings is 2. The van der Waals surface area contributed by atoms with Crippen molar-refractivity contribution in [2.45, 2.75) is 30.2 Å². The van der Waals surface area contributed by atoms with Gasteiger partial charge >= 0.3 is 0 Å². The monoisotopic (exact) mass is 445 g/mol. The highest BCUT2D eigenvalue weighted by atomic mass is 32.2. The maximum atomic E-state index is 14.4. The SMILES string of the molecule is O=C1NCCN(C(=O)c2cccc(S(=O)(=O)N3CCCCC3)c2)[C@H]1c1ccccc1F. The molecule has 2 amide bonds. The maximum absolute atomic E-state index is 14.4. The lowest BCUT2D eigenvalue weighted by molar-refractivity contribution is -0.128. The molecule has 2 heterocycles. The van der Waals surface area contributed by atoms with Gasteiger partial charge in [-0.05, 0) is 37.1 Å². The fourth-order valence-corrected chi connectivity index (χ4v) is 5.66. The lowest BCUT2D eigenvalue weighted by Crippen LogP contribution is -2.52. The summed E-state index contributed by atoms with van der Waals surface area (Å²) in [7, 11) is -3.71. The molecule has 0 unspecified atom stereocenters. The number of carbonyl (C=O) groups is 2. The lowest BCUT2D eigenvalue weighted by atomic mass is 10.0. The Labute approximate surface area is 180 Å². The predicted octanol–water partition coefficient (Wildman–Crippen LogP) is 2.31. The summed E-state index contributed by atoms with van der Waals surface area (Å²) < 4.78 is 41.9. The van der Waals surface area contributed by atoms with Crippen molar-refractivity contribution in [2.24, 2.45) is 0 Å². The minimum Gasteiger partial charge on any atom is -0.352 e. The first-order chi connectivity index (χ1) is 14.9. The molecule has 1 atom stereocenters. The van der Waals surface area contributed by atoms with Gasteiger partial charge in [-0.3, -0.25) is 9.59 Å². The van der Waals surface area contributed by atoms with Gasteiger partial charge in [-0.2, -0.15) is 4.31 Å². The second-order valence-electron chi connectivity index (χ2n) is 7.71. The van der Waals surface area contributed by atoms with Crippen LogP contribution in [0.1, 0.15) is 41.2 Å². The van der Waals surface area contributed by atoms with Crippen LogP contribution in [0, 0.1) is 5.82 Å². The highest BCUT2D eigenvalue weighted by Gasteiger charge is 2.36. The molecule has 0 bridgehead atoms. The average molecular weight is 446 g/mol. The number of halogens is 1. The second-order valence-corrected chi connectivity index (χ2v) is 9.64. The third-order valence-corrected chi connectivity index (χ3v) is 7.60. The highest BCUT2D eigenvalue weighted by Crippen LogP contribution is 2.28. The van der Waals surface area contributed by atoms with Crippen LogP contribution in [0.3, 0.4) is 0 Å². The molecule has 0 aliphatic carbocycles. The van der Waals surface area contributed by atoms with E-state index < -0.39 is 33.7 Å². The molecule has 0 aromatic heterocycles. The average Bonchev–Trinajstić information content (AvgIpc) is 2.80. The quantitative estimate of drug-likeness (QED) is 0.783. The van der Waals surface area contributed by atoms with Crippen molar-refractivity contribution in [3.63, 3.8) is 0 Å². The first kappa shape index (κ1) is 21.5. The minimum absolute atomic E-state index is 0.0455. The smallest absolute Gasteiger partial charge is 0.254 e. The third-order valence-electron chi connectivity index (χ3n) is 5.71. The van der Waals surface area contributed by atoms with Crippen molar-refractivity contribution in [2.75, 3.05) is 26.2 Å². The number of carbonyl (C=O) groups excluding carboxylic acids is 2. The summed E-state index contributed by atoms with van der Waals surface area (Å²) in [5.41, 5.74) is 0.249. The van der Waals surface area contributed by atoms with Crippen molar-refractivity contribution in [3.05, 3.63) is 65.5 Å². The number of rotatable bonds is 4. The first-order valence-corrected chi connectivity index (χ1v) is 11.8. The van der Waals surface area contributed by atoms with E-state index in [0.29, 0.717) is 13.1 Å². The predicted molar refractivity (Wildman–Crippen MR) is 112 cm³/mol. The molecule has 2 aromatic carbocycles. The van der Waals surface area contributed by atoms with Crippen molar-refractivity contribution in [1.82, 2.24) is 14.5 Å². The Kier molecular flexibility index (Phi) is 6.06. The van der Waals surface area contributed by atoms with Crippen molar-refractivity contribution in [1.29, 1.82) is 0 Å². The minimum atomic E-state index is -3.71. The van der Waals surface area contributed by atoms with Gasteiger partial charge in [0.2, 0.25) is 15.9 Å². The summed E-state index contributed by atoms with van der Waals surface area (Å²) in [6, 6.07) is 10.6. The zero-order valence-electron chi connectivity index (χ0n) is 17.0.